The van der Waals surface area contributed by atoms with Gasteiger partial charge in [0, 0.05) is 0 Å². The lowest BCUT2D eigenvalue weighted by Crippen LogP contribution is -2.14. The maximum absolute atomic E-state index is 11.9. The van der Waals surface area contributed by atoms with Crippen LogP contribution in [0.2, 0.25) is 0 Å². The Labute approximate surface area is 202 Å². The summed E-state index contributed by atoms with van der Waals surface area (Å²) in [6, 6.07) is 3.27. The predicted octanol–water partition coefficient (Wildman–Crippen LogP) is 8.70. The van der Waals surface area contributed by atoms with Crippen LogP contribution in [0.1, 0.15) is 149 Å². The van der Waals surface area contributed by atoms with E-state index in [0.717, 1.165) is 36.8 Å². The van der Waals surface area contributed by atoms with E-state index in [1.54, 1.807) is 0 Å². The van der Waals surface area contributed by atoms with Gasteiger partial charge in [-0.3, -0.25) is 0 Å². The summed E-state index contributed by atoms with van der Waals surface area (Å²) >= 11 is 0. The monoisotopic (exact) mass is 460 g/mol. The van der Waals surface area contributed by atoms with Crippen LogP contribution in [0.3, 0.4) is 0 Å². The van der Waals surface area contributed by atoms with Gasteiger partial charge in [0.15, 0.2) is 0 Å². The summed E-state index contributed by atoms with van der Waals surface area (Å²) in [7, 11) is 0. The molecule has 0 aliphatic heterocycles. The van der Waals surface area contributed by atoms with Crippen molar-refractivity contribution < 1.29 is 19.8 Å². The molecule has 4 heteroatoms. The number of carbonyl (C=O) groups is 2. The van der Waals surface area contributed by atoms with E-state index in [9.17, 15) is 19.8 Å². The van der Waals surface area contributed by atoms with Gasteiger partial charge in [0.2, 0.25) is 0 Å². The lowest BCUT2D eigenvalue weighted by atomic mass is 9.88. The molecule has 0 atom stereocenters. The van der Waals surface area contributed by atoms with Gasteiger partial charge in [-0.05, 0) is 42.4 Å². The van der Waals surface area contributed by atoms with Crippen molar-refractivity contribution in [2.75, 3.05) is 0 Å². The second kappa shape index (κ2) is 17.6. The van der Waals surface area contributed by atoms with E-state index < -0.39 is 11.9 Å². The molecule has 0 heterocycles. The van der Waals surface area contributed by atoms with Crippen LogP contribution in [-0.2, 0) is 12.8 Å². The highest BCUT2D eigenvalue weighted by Crippen LogP contribution is 2.25. The third-order valence-electron chi connectivity index (χ3n) is 6.51. The Morgan fingerprint density at radius 1 is 0.697 bits per heavy atom. The van der Waals surface area contributed by atoms with Gasteiger partial charge in [-0.25, -0.2) is 9.59 Å². The first-order valence-corrected chi connectivity index (χ1v) is 13.5. The minimum Gasteiger partial charge on any atom is -0.478 e. The number of rotatable bonds is 20. The van der Waals surface area contributed by atoms with Gasteiger partial charge in [-0.1, -0.05) is 117 Å². The van der Waals surface area contributed by atoms with Crippen molar-refractivity contribution in [2.45, 2.75) is 130 Å². The third-order valence-corrected chi connectivity index (χ3v) is 6.51. The Morgan fingerprint density at radius 2 is 1.15 bits per heavy atom. The molecule has 33 heavy (non-hydrogen) atoms. The highest BCUT2D eigenvalue weighted by atomic mass is 16.4. The van der Waals surface area contributed by atoms with Crippen LogP contribution >= 0.6 is 0 Å². The molecule has 1 aromatic carbocycles. The molecule has 0 aliphatic carbocycles. The van der Waals surface area contributed by atoms with Crippen LogP contribution in [0.25, 0.3) is 0 Å². The van der Waals surface area contributed by atoms with Gasteiger partial charge >= 0.3 is 11.9 Å². The highest BCUT2D eigenvalue weighted by Gasteiger charge is 2.22. The van der Waals surface area contributed by atoms with E-state index in [-0.39, 0.29) is 11.1 Å². The summed E-state index contributed by atoms with van der Waals surface area (Å²) in [6.45, 7) is 6.46. The second-order valence-electron chi connectivity index (χ2n) is 10.0. The number of unbranched alkanes of at least 4 members (excludes halogenated alkanes) is 14. The van der Waals surface area contributed by atoms with Crippen molar-refractivity contribution in [1.82, 2.24) is 0 Å². The average molecular weight is 461 g/mol. The Hall–Kier alpha value is -1.84. The molecule has 0 fully saturated rings. The molecule has 0 aliphatic rings. The molecule has 0 saturated heterocycles. The molecule has 0 bridgehead atoms. The fourth-order valence-corrected chi connectivity index (χ4v) is 4.70. The van der Waals surface area contributed by atoms with E-state index in [0.29, 0.717) is 12.3 Å². The van der Waals surface area contributed by atoms with Crippen molar-refractivity contribution in [3.05, 3.63) is 34.4 Å². The standard InChI is InChI=1S/C29H48O4/c1-4-5-6-7-8-9-10-11-12-13-14-15-16-17-18-19-25-24(22-23(2)3)20-21-26(28(30)31)27(25)29(32)33/h20-21,23H,4-19,22H2,1-3H3,(H,30,31)(H,32,33). The molecule has 1 aromatic rings. The number of aromatic carboxylic acids is 2. The Kier molecular flexibility index (Phi) is 15.6. The van der Waals surface area contributed by atoms with Gasteiger partial charge in [0.1, 0.15) is 0 Å². The maximum atomic E-state index is 11.9. The maximum Gasteiger partial charge on any atom is 0.336 e. The smallest absolute Gasteiger partial charge is 0.336 e. The number of carboxylic acids is 2. The van der Waals surface area contributed by atoms with Crippen LogP contribution in [0.5, 0.6) is 0 Å². The molecule has 4 nitrogen and oxygen atoms in total. The molecule has 0 saturated carbocycles. The minimum atomic E-state index is -1.17. The normalized spacial score (nSPS) is 11.3. The molecular formula is C29H48O4. The van der Waals surface area contributed by atoms with Crippen molar-refractivity contribution in [1.29, 1.82) is 0 Å². The summed E-state index contributed by atoms with van der Waals surface area (Å²) in [5, 5.41) is 19.2. The zero-order valence-electron chi connectivity index (χ0n) is 21.5. The number of hydrogen-bond donors (Lipinski definition) is 2. The molecule has 0 radical (unpaired) electrons. The fourth-order valence-electron chi connectivity index (χ4n) is 4.70. The zero-order valence-corrected chi connectivity index (χ0v) is 21.5. The van der Waals surface area contributed by atoms with E-state index in [4.69, 9.17) is 0 Å². The van der Waals surface area contributed by atoms with Crippen LogP contribution in [0.4, 0.5) is 0 Å². The highest BCUT2D eigenvalue weighted by molar-refractivity contribution is 6.03. The van der Waals surface area contributed by atoms with Crippen molar-refractivity contribution in [3.63, 3.8) is 0 Å². The first-order chi connectivity index (χ1) is 15.9. The topological polar surface area (TPSA) is 74.6 Å². The van der Waals surface area contributed by atoms with Crippen LogP contribution < -0.4 is 0 Å². The summed E-state index contributed by atoms with van der Waals surface area (Å²) in [5.41, 5.74) is 1.61. The summed E-state index contributed by atoms with van der Waals surface area (Å²) in [4.78, 5) is 23.4. The SMILES string of the molecule is CCCCCCCCCCCCCCCCCc1c(CC(C)C)ccc(C(=O)O)c1C(=O)O. The molecular weight excluding hydrogens is 412 g/mol. The Morgan fingerprint density at radius 3 is 1.55 bits per heavy atom. The summed E-state index contributed by atoms with van der Waals surface area (Å²) in [5.74, 6) is -1.91. The first-order valence-electron chi connectivity index (χ1n) is 13.5. The van der Waals surface area contributed by atoms with Crippen LogP contribution in [-0.4, -0.2) is 22.2 Å². The molecule has 0 spiro atoms. The number of benzene rings is 1. The Balaban J connectivity index is 2.33. The molecule has 0 amide bonds. The van der Waals surface area contributed by atoms with Crippen molar-refractivity contribution in [3.8, 4) is 0 Å². The summed E-state index contributed by atoms with van der Waals surface area (Å²) in [6.07, 6.45) is 20.8. The van der Waals surface area contributed by atoms with E-state index in [1.165, 1.54) is 83.1 Å². The molecule has 1 rings (SSSR count). The third kappa shape index (κ3) is 12.3. The largest absolute Gasteiger partial charge is 0.478 e. The van der Waals surface area contributed by atoms with Crippen molar-refractivity contribution in [2.24, 2.45) is 5.92 Å². The number of hydrogen-bond acceptors (Lipinski definition) is 2. The van der Waals surface area contributed by atoms with Gasteiger partial charge in [0.05, 0.1) is 11.1 Å². The molecule has 0 aromatic heterocycles. The van der Waals surface area contributed by atoms with Crippen molar-refractivity contribution >= 4 is 11.9 Å². The zero-order chi connectivity index (χ0) is 24.5. The van der Waals surface area contributed by atoms with Crippen LogP contribution in [0, 0.1) is 5.92 Å². The van der Waals surface area contributed by atoms with Gasteiger partial charge in [0.25, 0.3) is 0 Å². The second-order valence-corrected chi connectivity index (χ2v) is 10.0. The lowest BCUT2D eigenvalue weighted by Gasteiger charge is -2.16. The predicted molar refractivity (Wildman–Crippen MR) is 138 cm³/mol. The van der Waals surface area contributed by atoms with Gasteiger partial charge in [-0.2, -0.15) is 0 Å². The number of carboxylic acid groups (broad SMARTS) is 2. The van der Waals surface area contributed by atoms with Gasteiger partial charge in [-0.15, -0.1) is 0 Å². The van der Waals surface area contributed by atoms with E-state index >= 15 is 0 Å². The fraction of sp³-hybridized carbons (Fsp3) is 0.724. The molecule has 188 valence electrons. The quantitative estimate of drug-likeness (QED) is 0.191. The first kappa shape index (κ1) is 29.2. The summed E-state index contributed by atoms with van der Waals surface area (Å²) < 4.78 is 0. The average Bonchev–Trinajstić information content (AvgIpc) is 2.76. The van der Waals surface area contributed by atoms with E-state index in [1.807, 2.05) is 6.07 Å². The molecule has 2 N–H and O–H groups in total. The Bertz CT molecular complexity index is 693. The lowest BCUT2D eigenvalue weighted by molar-refractivity contribution is 0.0650. The minimum absolute atomic E-state index is 0.00832. The van der Waals surface area contributed by atoms with Gasteiger partial charge < -0.3 is 10.2 Å². The van der Waals surface area contributed by atoms with Crippen LogP contribution in [0.15, 0.2) is 12.1 Å². The molecule has 0 unspecified atom stereocenters. The van der Waals surface area contributed by atoms with E-state index in [2.05, 4.69) is 20.8 Å².